The van der Waals surface area contributed by atoms with E-state index in [0.717, 1.165) is 7.11 Å². The van der Waals surface area contributed by atoms with Crippen LogP contribution in [0, 0.1) is 11.8 Å². The lowest BCUT2D eigenvalue weighted by atomic mass is 9.93. The van der Waals surface area contributed by atoms with Crippen LogP contribution in [0.15, 0.2) is 0 Å². The van der Waals surface area contributed by atoms with Gasteiger partial charge in [-0.15, -0.1) is 0 Å². The Bertz CT molecular complexity index is 257. The Hall–Kier alpha value is -1.39. The molecule has 0 bridgehead atoms. The minimum absolute atomic E-state index is 0.114. The van der Waals surface area contributed by atoms with Gasteiger partial charge in [0.2, 0.25) is 0 Å². The van der Waals surface area contributed by atoms with E-state index in [-0.39, 0.29) is 12.3 Å². The lowest BCUT2D eigenvalue weighted by Crippen LogP contribution is -2.32. The summed E-state index contributed by atoms with van der Waals surface area (Å²) < 4.78 is 8.73. The van der Waals surface area contributed by atoms with E-state index in [1.54, 1.807) is 0 Å². The number of hydrogen-bond donors (Lipinski definition) is 0. The fourth-order valence-corrected chi connectivity index (χ4v) is 1.17. The maximum Gasteiger partial charge on any atom is 0.375 e. The van der Waals surface area contributed by atoms with Crippen molar-refractivity contribution in [2.75, 3.05) is 14.2 Å². The van der Waals surface area contributed by atoms with E-state index < -0.39 is 23.6 Å². The number of ketones is 1. The number of esters is 2. The predicted octanol–water partition coefficient (Wildman–Crippen LogP) is 0.564. The van der Waals surface area contributed by atoms with Crippen LogP contribution in [0.3, 0.4) is 0 Å². The van der Waals surface area contributed by atoms with Crippen molar-refractivity contribution in [1.29, 1.82) is 0 Å². The summed E-state index contributed by atoms with van der Waals surface area (Å²) in [5.41, 5.74) is 0. The lowest BCUT2D eigenvalue weighted by Gasteiger charge is -2.13. The SMILES string of the molecule is COC(=O)C(=O)C(CC(C)C)C(=O)OC. The summed E-state index contributed by atoms with van der Waals surface area (Å²) in [5, 5.41) is 0. The molecular weight excluding hydrogens is 200 g/mol. The molecular formula is C10H16O5. The molecule has 0 fully saturated rings. The Morgan fingerprint density at radius 1 is 1.07 bits per heavy atom. The summed E-state index contributed by atoms with van der Waals surface area (Å²) in [6.07, 6.45) is 0.278. The first-order chi connectivity index (χ1) is 6.93. The summed E-state index contributed by atoms with van der Waals surface area (Å²) in [6, 6.07) is 0. The van der Waals surface area contributed by atoms with Gasteiger partial charge in [0.1, 0.15) is 5.92 Å². The first kappa shape index (κ1) is 13.6. The topological polar surface area (TPSA) is 69.7 Å². The zero-order chi connectivity index (χ0) is 12.0. The molecule has 0 spiro atoms. The van der Waals surface area contributed by atoms with Crippen molar-refractivity contribution < 1.29 is 23.9 Å². The minimum atomic E-state index is -1.05. The van der Waals surface area contributed by atoms with Gasteiger partial charge < -0.3 is 9.47 Å². The maximum atomic E-state index is 11.4. The highest BCUT2D eigenvalue weighted by Crippen LogP contribution is 2.15. The lowest BCUT2D eigenvalue weighted by molar-refractivity contribution is -0.160. The number of hydrogen-bond acceptors (Lipinski definition) is 5. The van der Waals surface area contributed by atoms with Crippen LogP contribution in [0.1, 0.15) is 20.3 Å². The van der Waals surface area contributed by atoms with Gasteiger partial charge in [0, 0.05) is 0 Å². The maximum absolute atomic E-state index is 11.4. The molecule has 1 atom stereocenters. The van der Waals surface area contributed by atoms with Gasteiger partial charge in [0.15, 0.2) is 0 Å². The van der Waals surface area contributed by atoms with Crippen LogP contribution in [0.4, 0.5) is 0 Å². The van der Waals surface area contributed by atoms with E-state index in [1.807, 2.05) is 13.8 Å². The highest BCUT2D eigenvalue weighted by molar-refractivity contribution is 6.37. The molecule has 0 heterocycles. The van der Waals surface area contributed by atoms with Crippen molar-refractivity contribution in [3.63, 3.8) is 0 Å². The molecule has 0 aromatic carbocycles. The number of carbonyl (C=O) groups excluding carboxylic acids is 3. The van der Waals surface area contributed by atoms with Crippen molar-refractivity contribution in [3.8, 4) is 0 Å². The average molecular weight is 216 g/mol. The van der Waals surface area contributed by atoms with Crippen LogP contribution < -0.4 is 0 Å². The summed E-state index contributed by atoms with van der Waals surface area (Å²) in [4.78, 5) is 33.7. The molecule has 1 unspecified atom stereocenters. The minimum Gasteiger partial charge on any atom is -0.468 e. The van der Waals surface area contributed by atoms with E-state index in [9.17, 15) is 14.4 Å². The predicted molar refractivity (Wildman–Crippen MR) is 52.0 cm³/mol. The van der Waals surface area contributed by atoms with E-state index in [4.69, 9.17) is 0 Å². The van der Waals surface area contributed by atoms with Gasteiger partial charge in [-0.1, -0.05) is 13.8 Å². The number of rotatable bonds is 5. The largest absolute Gasteiger partial charge is 0.468 e. The van der Waals surface area contributed by atoms with Crippen LogP contribution in [0.25, 0.3) is 0 Å². The zero-order valence-electron chi connectivity index (χ0n) is 9.40. The molecule has 15 heavy (non-hydrogen) atoms. The molecule has 0 saturated heterocycles. The van der Waals surface area contributed by atoms with Crippen LogP contribution in [-0.4, -0.2) is 31.9 Å². The molecule has 0 aromatic heterocycles. The fourth-order valence-electron chi connectivity index (χ4n) is 1.17. The van der Waals surface area contributed by atoms with Gasteiger partial charge in [0.05, 0.1) is 14.2 Å². The molecule has 0 aliphatic rings. The molecule has 0 rings (SSSR count). The van der Waals surface area contributed by atoms with Crippen LogP contribution in [0.5, 0.6) is 0 Å². The highest BCUT2D eigenvalue weighted by Gasteiger charge is 2.33. The van der Waals surface area contributed by atoms with Gasteiger partial charge in [-0.05, 0) is 12.3 Å². The molecule has 0 N–H and O–H groups in total. The Balaban J connectivity index is 4.70. The Morgan fingerprint density at radius 3 is 1.93 bits per heavy atom. The second kappa shape index (κ2) is 6.16. The number of carbonyl (C=O) groups is 3. The molecule has 86 valence electrons. The molecule has 0 aliphatic heterocycles. The van der Waals surface area contributed by atoms with Gasteiger partial charge in [-0.2, -0.15) is 0 Å². The standard InChI is InChI=1S/C10H16O5/c1-6(2)5-7(9(12)14-3)8(11)10(13)15-4/h6-7H,5H2,1-4H3. The van der Waals surface area contributed by atoms with Gasteiger partial charge in [-0.25, -0.2) is 4.79 Å². The summed E-state index contributed by atoms with van der Waals surface area (Å²) in [7, 11) is 2.28. The third-order valence-electron chi connectivity index (χ3n) is 1.90. The van der Waals surface area contributed by atoms with Gasteiger partial charge >= 0.3 is 11.9 Å². The number of methoxy groups -OCH3 is 2. The zero-order valence-corrected chi connectivity index (χ0v) is 9.40. The monoisotopic (exact) mass is 216 g/mol. The van der Waals surface area contributed by atoms with Crippen molar-refractivity contribution in [2.24, 2.45) is 11.8 Å². The highest BCUT2D eigenvalue weighted by atomic mass is 16.5. The average Bonchev–Trinajstić information content (AvgIpc) is 2.22. The third-order valence-corrected chi connectivity index (χ3v) is 1.90. The Morgan fingerprint density at radius 2 is 1.60 bits per heavy atom. The van der Waals surface area contributed by atoms with E-state index in [0.29, 0.717) is 0 Å². The first-order valence-electron chi connectivity index (χ1n) is 4.64. The quantitative estimate of drug-likeness (QED) is 0.381. The van der Waals surface area contributed by atoms with E-state index >= 15 is 0 Å². The summed E-state index contributed by atoms with van der Waals surface area (Å²) in [6.45, 7) is 3.70. The Labute approximate surface area is 88.7 Å². The van der Waals surface area contributed by atoms with Gasteiger partial charge in [0.25, 0.3) is 5.78 Å². The van der Waals surface area contributed by atoms with Gasteiger partial charge in [-0.3, -0.25) is 9.59 Å². The van der Waals surface area contributed by atoms with Crippen LogP contribution >= 0.6 is 0 Å². The molecule has 0 aliphatic carbocycles. The molecule has 5 heteroatoms. The van der Waals surface area contributed by atoms with Crippen molar-refractivity contribution in [2.45, 2.75) is 20.3 Å². The Kier molecular flexibility index (Phi) is 5.59. The number of Topliss-reactive ketones (excluding diaryl/α,β-unsaturated/α-hetero) is 1. The van der Waals surface area contributed by atoms with E-state index in [1.165, 1.54) is 7.11 Å². The molecule has 0 aromatic rings. The first-order valence-corrected chi connectivity index (χ1v) is 4.64. The second-order valence-electron chi connectivity index (χ2n) is 3.56. The molecule has 0 radical (unpaired) electrons. The van der Waals surface area contributed by atoms with E-state index in [2.05, 4.69) is 9.47 Å². The van der Waals surface area contributed by atoms with Crippen molar-refractivity contribution in [1.82, 2.24) is 0 Å². The molecule has 0 amide bonds. The van der Waals surface area contributed by atoms with Crippen LogP contribution in [-0.2, 0) is 23.9 Å². The summed E-state index contributed by atoms with van der Waals surface area (Å²) >= 11 is 0. The second-order valence-corrected chi connectivity index (χ2v) is 3.56. The normalized spacial score (nSPS) is 12.1. The molecule has 0 saturated carbocycles. The summed E-state index contributed by atoms with van der Waals surface area (Å²) in [5.74, 6) is -3.49. The van der Waals surface area contributed by atoms with Crippen LogP contribution in [0.2, 0.25) is 0 Å². The van der Waals surface area contributed by atoms with Crippen molar-refractivity contribution >= 4 is 17.7 Å². The third kappa shape index (κ3) is 4.10. The smallest absolute Gasteiger partial charge is 0.375 e. The molecule has 5 nitrogen and oxygen atoms in total. The number of ether oxygens (including phenoxy) is 2. The fraction of sp³-hybridized carbons (Fsp3) is 0.700. The van der Waals surface area contributed by atoms with Crippen molar-refractivity contribution in [3.05, 3.63) is 0 Å².